The first-order chi connectivity index (χ1) is 13.4. The molecule has 0 radical (unpaired) electrons. The number of benzene rings is 2. The van der Waals surface area contributed by atoms with Gasteiger partial charge in [-0.1, -0.05) is 36.1 Å². The SMILES string of the molecule is C(#Cc1c[nH]c2ccccc12)c1ccc2c(CN3CCOCC3)c[nH]c2c1. The molecule has 4 nitrogen and oxygen atoms in total. The van der Waals surface area contributed by atoms with E-state index in [2.05, 4.69) is 63.2 Å². The summed E-state index contributed by atoms with van der Waals surface area (Å²) in [6.45, 7) is 4.62. The number of aromatic amines is 2. The first-order valence-electron chi connectivity index (χ1n) is 9.35. The van der Waals surface area contributed by atoms with Crippen molar-refractivity contribution in [3.63, 3.8) is 0 Å². The van der Waals surface area contributed by atoms with Gasteiger partial charge < -0.3 is 14.7 Å². The van der Waals surface area contributed by atoms with E-state index in [9.17, 15) is 0 Å². The van der Waals surface area contributed by atoms with Gasteiger partial charge in [0.1, 0.15) is 0 Å². The molecule has 3 heterocycles. The van der Waals surface area contributed by atoms with Gasteiger partial charge in [-0.2, -0.15) is 0 Å². The molecule has 0 unspecified atom stereocenters. The quantitative estimate of drug-likeness (QED) is 0.536. The van der Waals surface area contributed by atoms with Crippen LogP contribution in [0, 0.1) is 11.8 Å². The van der Waals surface area contributed by atoms with Gasteiger partial charge in [-0.15, -0.1) is 0 Å². The number of nitrogens with one attached hydrogen (secondary N) is 2. The predicted molar refractivity (Wildman–Crippen MR) is 109 cm³/mol. The van der Waals surface area contributed by atoms with Crippen LogP contribution in [0.15, 0.2) is 54.9 Å². The van der Waals surface area contributed by atoms with Crippen LogP contribution in [0.25, 0.3) is 21.8 Å². The molecule has 0 spiro atoms. The van der Waals surface area contributed by atoms with Gasteiger partial charge in [0.15, 0.2) is 0 Å². The van der Waals surface area contributed by atoms with Crippen molar-refractivity contribution in [3.05, 3.63) is 71.5 Å². The van der Waals surface area contributed by atoms with Crippen LogP contribution in [-0.4, -0.2) is 41.2 Å². The number of fused-ring (bicyclic) bond motifs is 2. The van der Waals surface area contributed by atoms with Gasteiger partial charge in [0, 0.05) is 59.4 Å². The van der Waals surface area contributed by atoms with E-state index in [1.54, 1.807) is 0 Å². The maximum Gasteiger partial charge on any atom is 0.0594 e. The molecule has 1 saturated heterocycles. The summed E-state index contributed by atoms with van der Waals surface area (Å²) in [5, 5.41) is 2.44. The summed E-state index contributed by atoms with van der Waals surface area (Å²) in [5.74, 6) is 6.61. The molecule has 2 aromatic carbocycles. The summed E-state index contributed by atoms with van der Waals surface area (Å²) in [6, 6.07) is 14.7. The van der Waals surface area contributed by atoms with E-state index in [-0.39, 0.29) is 0 Å². The number of aromatic nitrogens is 2. The zero-order valence-corrected chi connectivity index (χ0v) is 15.1. The Hall–Kier alpha value is -3.00. The Bertz CT molecular complexity index is 1150. The largest absolute Gasteiger partial charge is 0.379 e. The van der Waals surface area contributed by atoms with E-state index < -0.39 is 0 Å². The minimum absolute atomic E-state index is 0.829. The number of para-hydroxylation sites is 1. The second-order valence-electron chi connectivity index (χ2n) is 6.96. The van der Waals surface area contributed by atoms with Crippen molar-refractivity contribution in [1.82, 2.24) is 14.9 Å². The molecule has 0 saturated carbocycles. The molecule has 1 fully saturated rings. The Morgan fingerprint density at radius 3 is 2.67 bits per heavy atom. The van der Waals surface area contributed by atoms with E-state index >= 15 is 0 Å². The van der Waals surface area contributed by atoms with E-state index in [0.717, 1.165) is 55.0 Å². The molecule has 2 N–H and O–H groups in total. The molecular formula is C23H21N3O. The molecule has 2 aromatic heterocycles. The standard InChI is InChI=1S/C23H21N3O/c1-2-4-22-20(3-1)18(14-24-22)7-5-17-6-8-21-19(15-25-23(21)13-17)16-26-9-11-27-12-10-26/h1-4,6,8,13-15,24-25H,9-12,16H2. The first-order valence-corrected chi connectivity index (χ1v) is 9.35. The van der Waals surface area contributed by atoms with Crippen LogP contribution in [0.5, 0.6) is 0 Å². The normalized spacial score (nSPS) is 15.1. The molecule has 134 valence electrons. The first kappa shape index (κ1) is 16.2. The van der Waals surface area contributed by atoms with Crippen LogP contribution in [0.4, 0.5) is 0 Å². The number of hydrogen-bond donors (Lipinski definition) is 2. The van der Waals surface area contributed by atoms with Crippen molar-refractivity contribution in [3.8, 4) is 11.8 Å². The lowest BCUT2D eigenvalue weighted by molar-refractivity contribution is 0.0343. The monoisotopic (exact) mass is 355 g/mol. The number of morpholine rings is 1. The highest BCUT2D eigenvalue weighted by atomic mass is 16.5. The Morgan fingerprint density at radius 2 is 1.74 bits per heavy atom. The molecule has 4 aromatic rings. The van der Waals surface area contributed by atoms with Crippen LogP contribution in [0.1, 0.15) is 16.7 Å². The molecule has 0 amide bonds. The number of rotatable bonds is 2. The molecule has 1 aliphatic heterocycles. The van der Waals surface area contributed by atoms with Gasteiger partial charge >= 0.3 is 0 Å². The fraction of sp³-hybridized carbons (Fsp3) is 0.217. The van der Waals surface area contributed by atoms with Crippen LogP contribution in [0.2, 0.25) is 0 Å². The third-order valence-electron chi connectivity index (χ3n) is 5.20. The van der Waals surface area contributed by atoms with Gasteiger partial charge in [0.05, 0.1) is 18.8 Å². The Balaban J connectivity index is 1.41. The lowest BCUT2D eigenvalue weighted by Gasteiger charge is -2.26. The lowest BCUT2D eigenvalue weighted by Crippen LogP contribution is -2.35. The number of nitrogens with zero attached hydrogens (tertiary/aromatic N) is 1. The zero-order chi connectivity index (χ0) is 18.1. The van der Waals surface area contributed by atoms with Crippen LogP contribution >= 0.6 is 0 Å². The average molecular weight is 355 g/mol. The summed E-state index contributed by atoms with van der Waals surface area (Å²) in [6.07, 6.45) is 4.10. The Morgan fingerprint density at radius 1 is 0.889 bits per heavy atom. The third-order valence-corrected chi connectivity index (χ3v) is 5.20. The van der Waals surface area contributed by atoms with Crippen molar-refractivity contribution in [1.29, 1.82) is 0 Å². The van der Waals surface area contributed by atoms with Crippen molar-refractivity contribution < 1.29 is 4.74 Å². The predicted octanol–water partition coefficient (Wildman–Crippen LogP) is 3.88. The molecule has 27 heavy (non-hydrogen) atoms. The van der Waals surface area contributed by atoms with Crippen LogP contribution < -0.4 is 0 Å². The Labute approximate surface area is 158 Å². The van der Waals surface area contributed by atoms with Crippen molar-refractivity contribution in [2.45, 2.75) is 6.54 Å². The van der Waals surface area contributed by atoms with E-state index in [4.69, 9.17) is 4.74 Å². The fourth-order valence-electron chi connectivity index (χ4n) is 3.71. The van der Waals surface area contributed by atoms with E-state index in [1.165, 1.54) is 16.3 Å². The van der Waals surface area contributed by atoms with Crippen molar-refractivity contribution in [2.75, 3.05) is 26.3 Å². The van der Waals surface area contributed by atoms with Crippen LogP contribution in [-0.2, 0) is 11.3 Å². The van der Waals surface area contributed by atoms with Crippen molar-refractivity contribution >= 4 is 21.8 Å². The highest BCUT2D eigenvalue weighted by molar-refractivity contribution is 5.87. The minimum atomic E-state index is 0.829. The third kappa shape index (κ3) is 3.23. The summed E-state index contributed by atoms with van der Waals surface area (Å²) in [4.78, 5) is 9.12. The van der Waals surface area contributed by atoms with Crippen molar-refractivity contribution in [2.24, 2.45) is 0 Å². The maximum atomic E-state index is 5.44. The molecule has 0 bridgehead atoms. The minimum Gasteiger partial charge on any atom is -0.379 e. The van der Waals surface area contributed by atoms with Gasteiger partial charge in [-0.25, -0.2) is 0 Å². The smallest absolute Gasteiger partial charge is 0.0594 e. The number of ether oxygens (including phenoxy) is 1. The maximum absolute atomic E-state index is 5.44. The van der Waals surface area contributed by atoms with Gasteiger partial charge in [0.2, 0.25) is 0 Å². The molecule has 5 rings (SSSR count). The summed E-state index contributed by atoms with van der Waals surface area (Å²) < 4.78 is 5.44. The Kier molecular flexibility index (Phi) is 4.17. The van der Waals surface area contributed by atoms with Crippen LogP contribution in [0.3, 0.4) is 0 Å². The number of hydrogen-bond acceptors (Lipinski definition) is 2. The zero-order valence-electron chi connectivity index (χ0n) is 15.1. The number of H-pyrrole nitrogens is 2. The molecule has 0 atom stereocenters. The lowest BCUT2D eigenvalue weighted by atomic mass is 10.1. The van der Waals surface area contributed by atoms with E-state index in [1.807, 2.05) is 18.3 Å². The molecule has 0 aliphatic carbocycles. The molecular weight excluding hydrogens is 334 g/mol. The second kappa shape index (κ2) is 6.96. The second-order valence-corrected chi connectivity index (χ2v) is 6.96. The van der Waals surface area contributed by atoms with E-state index in [0.29, 0.717) is 0 Å². The highest BCUT2D eigenvalue weighted by Crippen LogP contribution is 2.22. The van der Waals surface area contributed by atoms with Gasteiger partial charge in [-0.3, -0.25) is 4.90 Å². The average Bonchev–Trinajstić information content (AvgIpc) is 3.31. The van der Waals surface area contributed by atoms with Gasteiger partial charge in [-0.05, 0) is 23.8 Å². The molecule has 1 aliphatic rings. The van der Waals surface area contributed by atoms with Gasteiger partial charge in [0.25, 0.3) is 0 Å². The molecule has 4 heteroatoms. The summed E-state index contributed by atoms with van der Waals surface area (Å²) in [7, 11) is 0. The fourth-order valence-corrected chi connectivity index (χ4v) is 3.71. The summed E-state index contributed by atoms with van der Waals surface area (Å²) in [5.41, 5.74) is 5.65. The highest BCUT2D eigenvalue weighted by Gasteiger charge is 2.13. The summed E-state index contributed by atoms with van der Waals surface area (Å²) >= 11 is 0. The topological polar surface area (TPSA) is 44.0 Å².